The predicted octanol–water partition coefficient (Wildman–Crippen LogP) is 4.89. The highest BCUT2D eigenvalue weighted by molar-refractivity contribution is 8.17. The van der Waals surface area contributed by atoms with Crippen LogP contribution in [0.5, 0.6) is 0 Å². The predicted molar refractivity (Wildman–Crippen MR) is 102 cm³/mol. The molecule has 0 aromatic heterocycles. The molecule has 0 spiro atoms. The van der Waals surface area contributed by atoms with Crippen LogP contribution in [0.15, 0.2) is 60.7 Å². The van der Waals surface area contributed by atoms with Gasteiger partial charge in [0.25, 0.3) is 0 Å². The first-order valence-electron chi connectivity index (χ1n) is 8.53. The SMILES string of the molecule is c1ccc(C2(c3ccccc3)OC[C@H](CC3SCCCS3)O2)cc1. The molecule has 0 saturated carbocycles. The van der Waals surface area contributed by atoms with Crippen LogP contribution in [0.2, 0.25) is 0 Å². The van der Waals surface area contributed by atoms with Crippen molar-refractivity contribution >= 4 is 23.5 Å². The Morgan fingerprint density at radius 3 is 2.04 bits per heavy atom. The number of ether oxygens (including phenoxy) is 2. The van der Waals surface area contributed by atoms with Gasteiger partial charge in [0, 0.05) is 11.1 Å². The summed E-state index contributed by atoms with van der Waals surface area (Å²) >= 11 is 4.14. The molecule has 4 heteroatoms. The van der Waals surface area contributed by atoms with Crippen LogP contribution in [0.3, 0.4) is 0 Å². The van der Waals surface area contributed by atoms with Crippen molar-refractivity contribution in [3.8, 4) is 0 Å². The van der Waals surface area contributed by atoms with Gasteiger partial charge >= 0.3 is 0 Å². The average Bonchev–Trinajstić information content (AvgIpc) is 3.09. The summed E-state index contributed by atoms with van der Waals surface area (Å²) in [6.07, 6.45) is 2.52. The third-order valence-corrected chi connectivity index (χ3v) is 7.46. The van der Waals surface area contributed by atoms with Gasteiger partial charge in [-0.15, -0.1) is 23.5 Å². The third-order valence-electron chi connectivity index (χ3n) is 4.46. The molecular weight excluding hydrogens is 336 g/mol. The molecule has 2 aromatic rings. The van der Waals surface area contributed by atoms with Gasteiger partial charge in [0.05, 0.1) is 17.3 Å². The summed E-state index contributed by atoms with van der Waals surface area (Å²) in [7, 11) is 0. The van der Waals surface area contributed by atoms with Crippen LogP contribution in [0.25, 0.3) is 0 Å². The lowest BCUT2D eigenvalue weighted by Crippen LogP contribution is -2.30. The van der Waals surface area contributed by atoms with Crippen molar-refractivity contribution in [3.05, 3.63) is 71.8 Å². The van der Waals surface area contributed by atoms with Crippen molar-refractivity contribution in [2.45, 2.75) is 29.3 Å². The normalized spacial score (nSPS) is 24.1. The maximum Gasteiger partial charge on any atom is 0.222 e. The number of thioether (sulfide) groups is 2. The fourth-order valence-corrected chi connectivity index (χ4v) is 6.30. The van der Waals surface area contributed by atoms with Gasteiger partial charge in [-0.05, 0) is 24.3 Å². The van der Waals surface area contributed by atoms with E-state index in [9.17, 15) is 0 Å². The summed E-state index contributed by atoms with van der Waals surface area (Å²) in [5.41, 5.74) is 2.14. The molecule has 0 amide bonds. The summed E-state index contributed by atoms with van der Waals surface area (Å²) in [6.45, 7) is 0.654. The molecule has 2 aromatic carbocycles. The van der Waals surface area contributed by atoms with E-state index in [1.807, 2.05) is 36.4 Å². The first-order valence-corrected chi connectivity index (χ1v) is 10.6. The van der Waals surface area contributed by atoms with Gasteiger partial charge in [-0.2, -0.15) is 0 Å². The molecule has 0 bridgehead atoms. The smallest absolute Gasteiger partial charge is 0.222 e. The monoisotopic (exact) mass is 358 g/mol. The van der Waals surface area contributed by atoms with Crippen molar-refractivity contribution < 1.29 is 9.47 Å². The summed E-state index contributed by atoms with van der Waals surface area (Å²) < 4.78 is 13.5. The van der Waals surface area contributed by atoms with E-state index in [4.69, 9.17) is 9.47 Å². The zero-order valence-corrected chi connectivity index (χ0v) is 15.2. The number of rotatable bonds is 4. The minimum Gasteiger partial charge on any atom is -0.339 e. The van der Waals surface area contributed by atoms with Crippen molar-refractivity contribution in [3.63, 3.8) is 0 Å². The maximum absolute atomic E-state index is 6.58. The molecule has 4 rings (SSSR count). The number of hydrogen-bond donors (Lipinski definition) is 0. The highest BCUT2D eigenvalue weighted by Crippen LogP contribution is 2.43. The van der Waals surface area contributed by atoms with E-state index < -0.39 is 5.79 Å². The van der Waals surface area contributed by atoms with E-state index in [0.717, 1.165) is 17.5 Å². The number of benzene rings is 2. The Morgan fingerprint density at radius 1 is 0.875 bits per heavy atom. The third kappa shape index (κ3) is 3.38. The van der Waals surface area contributed by atoms with Crippen LogP contribution >= 0.6 is 23.5 Å². The quantitative estimate of drug-likeness (QED) is 0.774. The molecule has 0 radical (unpaired) electrons. The largest absolute Gasteiger partial charge is 0.339 e. The van der Waals surface area contributed by atoms with Crippen molar-refractivity contribution in [1.29, 1.82) is 0 Å². The molecule has 2 aliphatic heterocycles. The Hall–Kier alpha value is -0.940. The minimum absolute atomic E-state index is 0.147. The van der Waals surface area contributed by atoms with Crippen molar-refractivity contribution in [2.75, 3.05) is 18.1 Å². The molecule has 2 heterocycles. The van der Waals surface area contributed by atoms with Gasteiger partial charge in [0.1, 0.15) is 0 Å². The molecule has 0 aliphatic carbocycles. The van der Waals surface area contributed by atoms with Gasteiger partial charge in [-0.25, -0.2) is 0 Å². The van der Waals surface area contributed by atoms with Gasteiger partial charge in [0.15, 0.2) is 0 Å². The van der Waals surface area contributed by atoms with Crippen molar-refractivity contribution in [2.24, 2.45) is 0 Å². The zero-order valence-electron chi connectivity index (χ0n) is 13.6. The molecule has 2 nitrogen and oxygen atoms in total. The standard InChI is InChI=1S/C20H22O2S2/c1-3-8-16(9-4-1)20(17-10-5-2-6-11-17)21-15-18(22-20)14-19-23-12-7-13-24-19/h1-6,8-11,18-19H,7,12-15H2/t18-/m0/s1. The van der Waals surface area contributed by atoms with Crippen LogP contribution in [-0.2, 0) is 15.3 Å². The lowest BCUT2D eigenvalue weighted by molar-refractivity contribution is -0.142. The number of hydrogen-bond acceptors (Lipinski definition) is 4. The molecule has 24 heavy (non-hydrogen) atoms. The fraction of sp³-hybridized carbons (Fsp3) is 0.400. The van der Waals surface area contributed by atoms with E-state index in [1.54, 1.807) is 0 Å². The second-order valence-electron chi connectivity index (χ2n) is 6.16. The lowest BCUT2D eigenvalue weighted by Gasteiger charge is -2.30. The minimum atomic E-state index is -0.767. The Bertz CT molecular complexity index is 602. The topological polar surface area (TPSA) is 18.5 Å². The average molecular weight is 359 g/mol. The maximum atomic E-state index is 6.58. The molecule has 2 saturated heterocycles. The molecule has 2 aliphatic rings. The summed E-state index contributed by atoms with van der Waals surface area (Å²) in [4.78, 5) is 0. The second kappa shape index (κ2) is 7.52. The van der Waals surface area contributed by atoms with Crippen LogP contribution < -0.4 is 0 Å². The molecule has 126 valence electrons. The van der Waals surface area contributed by atoms with E-state index >= 15 is 0 Å². The highest BCUT2D eigenvalue weighted by Gasteiger charge is 2.45. The van der Waals surface area contributed by atoms with Crippen LogP contribution in [0.1, 0.15) is 24.0 Å². The highest BCUT2D eigenvalue weighted by atomic mass is 32.2. The zero-order chi connectivity index (χ0) is 16.2. The van der Waals surface area contributed by atoms with E-state index in [1.165, 1.54) is 17.9 Å². The first kappa shape index (κ1) is 16.5. The lowest BCUT2D eigenvalue weighted by atomic mass is 9.97. The second-order valence-corrected chi connectivity index (χ2v) is 9.08. The van der Waals surface area contributed by atoms with E-state index in [2.05, 4.69) is 47.8 Å². The molecular formula is C20H22O2S2. The Morgan fingerprint density at radius 2 is 1.46 bits per heavy atom. The van der Waals surface area contributed by atoms with Gasteiger partial charge in [-0.3, -0.25) is 0 Å². The van der Waals surface area contributed by atoms with Gasteiger partial charge in [0.2, 0.25) is 5.79 Å². The van der Waals surface area contributed by atoms with Crippen LogP contribution in [0, 0.1) is 0 Å². The van der Waals surface area contributed by atoms with Gasteiger partial charge in [-0.1, -0.05) is 60.7 Å². The summed E-state index contributed by atoms with van der Waals surface area (Å²) in [6, 6.07) is 20.6. The summed E-state index contributed by atoms with van der Waals surface area (Å²) in [5, 5.41) is 0. The molecule has 0 N–H and O–H groups in total. The van der Waals surface area contributed by atoms with Crippen LogP contribution in [-0.4, -0.2) is 28.8 Å². The van der Waals surface area contributed by atoms with Gasteiger partial charge < -0.3 is 9.47 Å². The Kier molecular flexibility index (Phi) is 5.18. The fourth-order valence-electron chi connectivity index (χ4n) is 3.30. The molecule has 0 unspecified atom stereocenters. The van der Waals surface area contributed by atoms with Crippen molar-refractivity contribution in [1.82, 2.24) is 0 Å². The first-order chi connectivity index (χ1) is 11.9. The summed E-state index contributed by atoms with van der Waals surface area (Å²) in [5.74, 6) is 1.78. The molecule has 2 fully saturated rings. The van der Waals surface area contributed by atoms with E-state index in [-0.39, 0.29) is 6.10 Å². The Labute approximate surface area is 152 Å². The van der Waals surface area contributed by atoms with Crippen LogP contribution in [0.4, 0.5) is 0 Å². The Balaban J connectivity index is 1.59. The molecule has 1 atom stereocenters. The van der Waals surface area contributed by atoms with E-state index in [0.29, 0.717) is 11.2 Å².